The summed E-state index contributed by atoms with van der Waals surface area (Å²) in [7, 11) is 0. The maximum atomic E-state index is 12.8. The second-order valence-electron chi connectivity index (χ2n) is 3.75. The number of Topliss-reactive ketones (excluding diaryl/α,β-unsaturated/α-hetero) is 1. The average Bonchev–Trinajstić information content (AvgIpc) is 2.32. The van der Waals surface area contributed by atoms with E-state index in [2.05, 4.69) is 0 Å². The zero-order chi connectivity index (χ0) is 13.1. The molecule has 1 nitrogen and oxygen atoms in total. The summed E-state index contributed by atoms with van der Waals surface area (Å²) in [5.74, 6) is -0.317. The van der Waals surface area contributed by atoms with Crippen LogP contribution >= 0.6 is 23.4 Å². The number of halogens is 2. The van der Waals surface area contributed by atoms with Gasteiger partial charge in [0.25, 0.3) is 0 Å². The van der Waals surface area contributed by atoms with Crippen molar-refractivity contribution < 1.29 is 9.18 Å². The van der Waals surface area contributed by atoms with Gasteiger partial charge in [0.15, 0.2) is 5.78 Å². The highest BCUT2D eigenvalue weighted by Crippen LogP contribution is 2.31. The molecule has 92 valence electrons. The summed E-state index contributed by atoms with van der Waals surface area (Å²) < 4.78 is 12.8. The monoisotopic (exact) mass is 280 g/mol. The Labute approximate surface area is 114 Å². The summed E-state index contributed by atoms with van der Waals surface area (Å²) in [6.45, 7) is 1.48. The van der Waals surface area contributed by atoms with Crippen molar-refractivity contribution in [2.24, 2.45) is 0 Å². The molecule has 4 heteroatoms. The highest BCUT2D eigenvalue weighted by Gasteiger charge is 2.07. The fraction of sp³-hybridized carbons (Fsp3) is 0.0714. The fourth-order valence-corrected chi connectivity index (χ4v) is 2.72. The van der Waals surface area contributed by atoms with Gasteiger partial charge >= 0.3 is 0 Å². The predicted octanol–water partition coefficient (Wildman–Crippen LogP) is 4.83. The van der Waals surface area contributed by atoms with E-state index in [9.17, 15) is 9.18 Å². The summed E-state index contributed by atoms with van der Waals surface area (Å²) in [5, 5.41) is 0.439. The van der Waals surface area contributed by atoms with E-state index in [-0.39, 0.29) is 11.6 Å². The highest BCUT2D eigenvalue weighted by molar-refractivity contribution is 7.99. The predicted molar refractivity (Wildman–Crippen MR) is 72.0 cm³/mol. The van der Waals surface area contributed by atoms with Crippen LogP contribution in [0.3, 0.4) is 0 Å². The second kappa shape index (κ2) is 5.55. The van der Waals surface area contributed by atoms with Crippen molar-refractivity contribution in [1.29, 1.82) is 0 Å². The van der Waals surface area contributed by atoms with Crippen LogP contribution in [-0.2, 0) is 0 Å². The SMILES string of the molecule is CC(=O)c1ccc(Sc2ccc(F)cc2)cc1Cl. The van der Waals surface area contributed by atoms with Gasteiger partial charge in [-0.1, -0.05) is 23.4 Å². The van der Waals surface area contributed by atoms with Crippen LogP contribution in [0.1, 0.15) is 17.3 Å². The van der Waals surface area contributed by atoms with Gasteiger partial charge in [-0.05, 0) is 49.4 Å². The quantitative estimate of drug-likeness (QED) is 0.749. The normalized spacial score (nSPS) is 10.4. The Balaban J connectivity index is 2.22. The van der Waals surface area contributed by atoms with Crippen LogP contribution in [0.15, 0.2) is 52.3 Å². The Morgan fingerprint density at radius 1 is 1.11 bits per heavy atom. The van der Waals surface area contributed by atoms with Crippen LogP contribution in [0.25, 0.3) is 0 Å². The maximum Gasteiger partial charge on any atom is 0.161 e. The van der Waals surface area contributed by atoms with Gasteiger partial charge in [-0.25, -0.2) is 4.39 Å². The summed E-state index contributed by atoms with van der Waals surface area (Å²) in [6.07, 6.45) is 0. The van der Waals surface area contributed by atoms with Crippen LogP contribution in [0, 0.1) is 5.82 Å². The Morgan fingerprint density at radius 2 is 1.72 bits per heavy atom. The van der Waals surface area contributed by atoms with E-state index in [0.29, 0.717) is 10.6 Å². The number of hydrogen-bond acceptors (Lipinski definition) is 2. The van der Waals surface area contributed by atoms with Gasteiger partial charge in [0, 0.05) is 15.4 Å². The molecule has 0 atom stereocenters. The number of ketones is 1. The summed E-state index contributed by atoms with van der Waals surface area (Å²) in [4.78, 5) is 13.1. The van der Waals surface area contributed by atoms with E-state index >= 15 is 0 Å². The standard InChI is InChI=1S/C14H10ClFOS/c1-9(17)13-7-6-12(8-14(13)15)18-11-4-2-10(16)3-5-11/h2-8H,1H3. The van der Waals surface area contributed by atoms with Gasteiger partial charge in [0.05, 0.1) is 5.02 Å². The van der Waals surface area contributed by atoms with Crippen molar-refractivity contribution in [3.63, 3.8) is 0 Å². The van der Waals surface area contributed by atoms with Gasteiger partial charge in [0.2, 0.25) is 0 Å². The molecular formula is C14H10ClFOS. The lowest BCUT2D eigenvalue weighted by atomic mass is 10.1. The summed E-state index contributed by atoms with van der Waals surface area (Å²) in [6, 6.07) is 11.5. The lowest BCUT2D eigenvalue weighted by Crippen LogP contribution is -1.92. The molecule has 0 spiro atoms. The maximum absolute atomic E-state index is 12.8. The van der Waals surface area contributed by atoms with Gasteiger partial charge in [0.1, 0.15) is 5.82 Å². The van der Waals surface area contributed by atoms with Crippen molar-refractivity contribution in [1.82, 2.24) is 0 Å². The largest absolute Gasteiger partial charge is 0.294 e. The molecule has 0 aliphatic heterocycles. The molecule has 0 heterocycles. The number of hydrogen-bond donors (Lipinski definition) is 0. The Morgan fingerprint density at radius 3 is 2.28 bits per heavy atom. The Hall–Kier alpha value is -1.32. The third kappa shape index (κ3) is 3.12. The van der Waals surface area contributed by atoms with E-state index in [4.69, 9.17) is 11.6 Å². The zero-order valence-electron chi connectivity index (χ0n) is 9.61. The zero-order valence-corrected chi connectivity index (χ0v) is 11.2. The molecule has 0 aromatic heterocycles. The van der Waals surface area contributed by atoms with Crippen molar-refractivity contribution in [3.05, 3.63) is 58.9 Å². The molecule has 2 rings (SSSR count). The topological polar surface area (TPSA) is 17.1 Å². The third-order valence-corrected chi connectivity index (χ3v) is 3.68. The van der Waals surface area contributed by atoms with Crippen molar-refractivity contribution in [3.8, 4) is 0 Å². The molecule has 0 radical (unpaired) electrons. The minimum absolute atomic E-state index is 0.0571. The fourth-order valence-electron chi connectivity index (χ4n) is 1.48. The number of benzene rings is 2. The molecule has 0 aliphatic carbocycles. The molecule has 0 unspecified atom stereocenters. The first kappa shape index (κ1) is 13.1. The average molecular weight is 281 g/mol. The smallest absolute Gasteiger partial charge is 0.161 e. The lowest BCUT2D eigenvalue weighted by Gasteiger charge is -2.05. The minimum Gasteiger partial charge on any atom is -0.294 e. The Kier molecular flexibility index (Phi) is 4.04. The van der Waals surface area contributed by atoms with Gasteiger partial charge in [-0.15, -0.1) is 0 Å². The van der Waals surface area contributed by atoms with Crippen molar-refractivity contribution >= 4 is 29.1 Å². The van der Waals surface area contributed by atoms with Crippen LogP contribution in [0.2, 0.25) is 5.02 Å². The van der Waals surface area contributed by atoms with E-state index in [1.165, 1.54) is 30.8 Å². The first-order valence-electron chi connectivity index (χ1n) is 5.30. The Bertz CT molecular complexity index is 581. The molecule has 18 heavy (non-hydrogen) atoms. The molecule has 0 saturated heterocycles. The van der Waals surface area contributed by atoms with Crippen LogP contribution in [-0.4, -0.2) is 5.78 Å². The van der Waals surface area contributed by atoms with Crippen molar-refractivity contribution in [2.45, 2.75) is 16.7 Å². The summed E-state index contributed by atoms with van der Waals surface area (Å²) in [5.41, 5.74) is 0.514. The van der Waals surface area contributed by atoms with Crippen molar-refractivity contribution in [2.75, 3.05) is 0 Å². The molecule has 2 aromatic carbocycles. The highest BCUT2D eigenvalue weighted by atomic mass is 35.5. The lowest BCUT2D eigenvalue weighted by molar-refractivity contribution is 0.101. The molecule has 0 fully saturated rings. The number of rotatable bonds is 3. The third-order valence-electron chi connectivity index (χ3n) is 2.37. The first-order chi connectivity index (χ1) is 8.56. The molecule has 0 aliphatic rings. The van der Waals surface area contributed by atoms with Crippen LogP contribution in [0.4, 0.5) is 4.39 Å². The molecule has 0 saturated carbocycles. The number of carbonyl (C=O) groups is 1. The molecule has 0 bridgehead atoms. The van der Waals surface area contributed by atoms with E-state index in [0.717, 1.165) is 9.79 Å². The first-order valence-corrected chi connectivity index (χ1v) is 6.49. The van der Waals surface area contributed by atoms with E-state index in [1.54, 1.807) is 24.3 Å². The number of carbonyl (C=O) groups excluding carboxylic acids is 1. The molecule has 2 aromatic rings. The van der Waals surface area contributed by atoms with Crippen LogP contribution < -0.4 is 0 Å². The second-order valence-corrected chi connectivity index (χ2v) is 5.31. The summed E-state index contributed by atoms with van der Waals surface area (Å²) >= 11 is 7.49. The van der Waals surface area contributed by atoms with Gasteiger partial charge in [-0.3, -0.25) is 4.79 Å². The van der Waals surface area contributed by atoms with Gasteiger partial charge in [-0.2, -0.15) is 0 Å². The van der Waals surface area contributed by atoms with E-state index < -0.39 is 0 Å². The van der Waals surface area contributed by atoms with Gasteiger partial charge < -0.3 is 0 Å². The molecular weight excluding hydrogens is 271 g/mol. The van der Waals surface area contributed by atoms with E-state index in [1.807, 2.05) is 6.07 Å². The molecule has 0 N–H and O–H groups in total. The minimum atomic E-state index is -0.260. The molecule has 0 amide bonds. The van der Waals surface area contributed by atoms with Crippen LogP contribution in [0.5, 0.6) is 0 Å².